The molecule has 0 saturated carbocycles. The summed E-state index contributed by atoms with van der Waals surface area (Å²) in [5, 5.41) is 0. The van der Waals surface area contributed by atoms with Crippen molar-refractivity contribution in [3.63, 3.8) is 0 Å². The molecule has 0 aromatic heterocycles. The number of hydrogen-bond donors (Lipinski definition) is 0. The molecule has 0 bridgehead atoms. The van der Waals surface area contributed by atoms with Gasteiger partial charge in [-0.05, 0) is 27.7 Å². The second kappa shape index (κ2) is 6.86. The van der Waals surface area contributed by atoms with Crippen molar-refractivity contribution in [2.24, 2.45) is 0 Å². The van der Waals surface area contributed by atoms with Crippen molar-refractivity contribution in [1.29, 1.82) is 0 Å². The minimum absolute atomic E-state index is 1.22. The lowest BCUT2D eigenvalue weighted by atomic mass is 10.7. The van der Waals surface area contributed by atoms with Crippen LogP contribution in [-0.4, -0.2) is 0 Å². The van der Waals surface area contributed by atoms with Gasteiger partial charge in [0.2, 0.25) is 0 Å². The van der Waals surface area contributed by atoms with E-state index >= 15 is 0 Å². The topological polar surface area (TPSA) is 0 Å². The first-order chi connectivity index (χ1) is 6.24. The molecule has 0 unspecified atom stereocenters. The molecule has 1 heteroatoms. The van der Waals surface area contributed by atoms with E-state index in [1.54, 1.807) is 0 Å². The lowest BCUT2D eigenvalue weighted by Gasteiger charge is -2.08. The summed E-state index contributed by atoms with van der Waals surface area (Å²) in [6, 6.07) is 0. The van der Waals surface area contributed by atoms with Crippen LogP contribution >= 0.6 is 7.26 Å². The molecule has 0 nitrogen and oxygen atoms in total. The van der Waals surface area contributed by atoms with Crippen molar-refractivity contribution in [3.8, 4) is 0 Å². The fourth-order valence-corrected chi connectivity index (χ4v) is 3.99. The Labute approximate surface area is 83.1 Å². The minimum Gasteiger partial charge on any atom is -0.0515 e. The fraction of sp³-hybridized carbons (Fsp3) is 0.333. The second-order valence-electron chi connectivity index (χ2n) is 2.82. The van der Waals surface area contributed by atoms with E-state index in [4.69, 9.17) is 0 Å². The summed E-state index contributed by atoms with van der Waals surface area (Å²) in [4.78, 5) is 0. The molecular formula is C12H20P+. The van der Waals surface area contributed by atoms with Gasteiger partial charge in [-0.25, -0.2) is 0 Å². The maximum absolute atomic E-state index is 2.30. The maximum Gasteiger partial charge on any atom is 0.113 e. The van der Waals surface area contributed by atoms with Gasteiger partial charge >= 0.3 is 0 Å². The van der Waals surface area contributed by atoms with E-state index < -0.39 is 7.26 Å². The highest BCUT2D eigenvalue weighted by atomic mass is 31.2. The summed E-state index contributed by atoms with van der Waals surface area (Å²) < 4.78 is 0. The van der Waals surface area contributed by atoms with Crippen molar-refractivity contribution >= 4 is 7.26 Å². The molecule has 0 spiro atoms. The van der Waals surface area contributed by atoms with Gasteiger partial charge in [0, 0.05) is 0 Å². The quantitative estimate of drug-likeness (QED) is 0.545. The molecule has 0 N–H and O–H groups in total. The zero-order valence-electron chi connectivity index (χ0n) is 9.07. The standard InChI is InChI=1S/C12H20P/c1-5-9-13(10-6-2,11-7-3)12-8-4/h5-12H,1-4H3/q+1. The average molecular weight is 195 g/mol. The van der Waals surface area contributed by atoms with Gasteiger partial charge in [-0.15, -0.1) is 0 Å². The second-order valence-corrected chi connectivity index (χ2v) is 5.81. The molecule has 72 valence electrons. The van der Waals surface area contributed by atoms with Gasteiger partial charge in [0.25, 0.3) is 0 Å². The van der Waals surface area contributed by atoms with Crippen molar-refractivity contribution in [2.45, 2.75) is 27.7 Å². The Balaban J connectivity index is 5.02. The predicted molar refractivity (Wildman–Crippen MR) is 66.2 cm³/mol. The maximum atomic E-state index is 2.30. The average Bonchev–Trinajstić information content (AvgIpc) is 2.06. The highest BCUT2D eigenvalue weighted by Crippen LogP contribution is 2.65. The molecule has 0 aliphatic carbocycles. The van der Waals surface area contributed by atoms with E-state index in [-0.39, 0.29) is 0 Å². The molecule has 0 heterocycles. The van der Waals surface area contributed by atoms with Gasteiger partial charge in [0.15, 0.2) is 0 Å². The van der Waals surface area contributed by atoms with Gasteiger partial charge in [0.05, 0.1) is 23.3 Å². The van der Waals surface area contributed by atoms with E-state index in [1.807, 2.05) is 0 Å². The molecule has 0 aromatic rings. The van der Waals surface area contributed by atoms with Crippen LogP contribution < -0.4 is 0 Å². The Morgan fingerprint density at radius 3 is 0.923 bits per heavy atom. The summed E-state index contributed by atoms with van der Waals surface area (Å²) in [5.41, 5.74) is 0. The molecule has 0 aliphatic heterocycles. The number of hydrogen-bond acceptors (Lipinski definition) is 0. The van der Waals surface area contributed by atoms with E-state index in [2.05, 4.69) is 75.3 Å². The Kier molecular flexibility index (Phi) is 6.54. The Morgan fingerprint density at radius 1 is 0.538 bits per heavy atom. The Hall–Kier alpha value is -0.610. The molecule has 0 aromatic carbocycles. The van der Waals surface area contributed by atoms with Crippen molar-refractivity contribution in [2.75, 3.05) is 0 Å². The van der Waals surface area contributed by atoms with E-state index in [0.29, 0.717) is 0 Å². The summed E-state index contributed by atoms with van der Waals surface area (Å²) in [6.45, 7) is 8.30. The molecule has 0 fully saturated rings. The third kappa shape index (κ3) is 4.24. The summed E-state index contributed by atoms with van der Waals surface area (Å²) in [5.74, 6) is 9.19. The largest absolute Gasteiger partial charge is 0.113 e. The highest BCUT2D eigenvalue weighted by molar-refractivity contribution is 7.87. The van der Waals surface area contributed by atoms with Crippen LogP contribution in [0.15, 0.2) is 47.6 Å². The van der Waals surface area contributed by atoms with Crippen LogP contribution in [0.5, 0.6) is 0 Å². The SMILES string of the molecule is CC=C[P+](C=CC)(C=CC)C=CC. The minimum atomic E-state index is -1.22. The first-order valence-corrected chi connectivity index (χ1v) is 6.74. The zero-order valence-corrected chi connectivity index (χ0v) is 9.96. The van der Waals surface area contributed by atoms with Crippen LogP contribution in [0.3, 0.4) is 0 Å². The highest BCUT2D eigenvalue weighted by Gasteiger charge is 2.23. The lowest BCUT2D eigenvalue weighted by Crippen LogP contribution is -1.74. The smallest absolute Gasteiger partial charge is 0.0515 e. The summed E-state index contributed by atoms with van der Waals surface area (Å²) in [6.07, 6.45) is 8.53. The van der Waals surface area contributed by atoms with Crippen molar-refractivity contribution in [1.82, 2.24) is 0 Å². The normalized spacial score (nSPS) is 18.2. The molecule has 0 rings (SSSR count). The molecule has 13 heavy (non-hydrogen) atoms. The molecule has 0 aliphatic rings. The zero-order chi connectivity index (χ0) is 10.2. The summed E-state index contributed by atoms with van der Waals surface area (Å²) in [7, 11) is -1.22. The fourth-order valence-electron chi connectivity index (χ4n) is 1.33. The number of allylic oxidation sites excluding steroid dienone is 4. The summed E-state index contributed by atoms with van der Waals surface area (Å²) >= 11 is 0. The van der Waals surface area contributed by atoms with E-state index in [1.165, 1.54) is 0 Å². The van der Waals surface area contributed by atoms with Gasteiger partial charge in [-0.1, -0.05) is 24.3 Å². The molecule has 0 radical (unpaired) electrons. The lowest BCUT2D eigenvalue weighted by molar-refractivity contribution is 1.73. The Bertz CT molecular complexity index is 178. The van der Waals surface area contributed by atoms with Crippen LogP contribution in [0, 0.1) is 0 Å². The molecule has 0 saturated heterocycles. The van der Waals surface area contributed by atoms with Crippen LogP contribution in [0.25, 0.3) is 0 Å². The van der Waals surface area contributed by atoms with Crippen molar-refractivity contribution < 1.29 is 0 Å². The first-order valence-electron chi connectivity index (χ1n) is 4.68. The third-order valence-corrected chi connectivity index (χ3v) is 4.89. The van der Waals surface area contributed by atoms with Gasteiger partial charge in [0.1, 0.15) is 7.26 Å². The Morgan fingerprint density at radius 2 is 0.769 bits per heavy atom. The van der Waals surface area contributed by atoms with Gasteiger partial charge in [-0.2, -0.15) is 0 Å². The third-order valence-electron chi connectivity index (χ3n) is 1.63. The number of rotatable bonds is 4. The van der Waals surface area contributed by atoms with Crippen LogP contribution in [0.1, 0.15) is 27.7 Å². The van der Waals surface area contributed by atoms with Gasteiger partial charge in [-0.3, -0.25) is 0 Å². The van der Waals surface area contributed by atoms with E-state index in [0.717, 1.165) is 0 Å². The predicted octanol–water partition coefficient (Wildman–Crippen LogP) is 5.14. The molecular weight excluding hydrogens is 175 g/mol. The van der Waals surface area contributed by atoms with Crippen molar-refractivity contribution in [3.05, 3.63) is 47.6 Å². The van der Waals surface area contributed by atoms with Gasteiger partial charge < -0.3 is 0 Å². The monoisotopic (exact) mass is 195 g/mol. The molecule has 0 amide bonds. The van der Waals surface area contributed by atoms with E-state index in [9.17, 15) is 0 Å². The van der Waals surface area contributed by atoms with Crippen LogP contribution in [-0.2, 0) is 0 Å². The first kappa shape index (κ1) is 12.4. The van der Waals surface area contributed by atoms with Crippen LogP contribution in [0.4, 0.5) is 0 Å². The van der Waals surface area contributed by atoms with Crippen LogP contribution in [0.2, 0.25) is 0 Å². The molecule has 0 atom stereocenters.